The van der Waals surface area contributed by atoms with Crippen LogP contribution in [0.15, 0.2) is 24.3 Å². The Kier molecular flexibility index (Phi) is 21.3. The maximum Gasteiger partial charge on any atom is 0.344 e. The lowest BCUT2D eigenvalue weighted by molar-refractivity contribution is 0.0448. The molecule has 0 radical (unpaired) electrons. The maximum atomic E-state index is 13.9. The summed E-state index contributed by atoms with van der Waals surface area (Å²) in [5.74, 6) is -7.54. The number of benzene rings is 3. The van der Waals surface area contributed by atoms with Gasteiger partial charge in [-0.05, 0) is 79.9 Å². The number of rotatable bonds is 12. The van der Waals surface area contributed by atoms with Gasteiger partial charge in [-0.15, -0.1) is 0 Å². The van der Waals surface area contributed by atoms with Gasteiger partial charge in [0.2, 0.25) is 34.8 Å². The highest BCUT2D eigenvalue weighted by Crippen LogP contribution is 2.41. The average Bonchev–Trinajstić information content (AvgIpc) is 3.25. The molecular weight excluding hydrogens is 912 g/mol. The molecule has 5 rings (SSSR count). The molecule has 2 aliphatic heterocycles. The van der Waals surface area contributed by atoms with Crippen LogP contribution in [0, 0.1) is 53.8 Å². The lowest BCUT2D eigenvalue weighted by Crippen LogP contribution is -2.49. The molecule has 0 fully saturated rings. The van der Waals surface area contributed by atoms with E-state index in [1.807, 2.05) is 6.92 Å². The molecule has 6 N–H and O–H groups in total. The van der Waals surface area contributed by atoms with Gasteiger partial charge in [-0.3, -0.25) is 21.5 Å². The van der Waals surface area contributed by atoms with Gasteiger partial charge in [-0.2, -0.15) is 8.78 Å². The highest BCUT2D eigenvalue weighted by molar-refractivity contribution is 6.74. The molecule has 3 aromatic carbocycles. The first-order valence-electron chi connectivity index (χ1n) is 22.3. The molecule has 2 aliphatic rings. The summed E-state index contributed by atoms with van der Waals surface area (Å²) in [4.78, 5) is 25.1. The van der Waals surface area contributed by atoms with Crippen molar-refractivity contribution in [2.45, 2.75) is 153 Å². The molecule has 0 saturated carbocycles. The van der Waals surface area contributed by atoms with Gasteiger partial charge in [0.25, 0.3) is 5.91 Å². The van der Waals surface area contributed by atoms with Gasteiger partial charge in [-0.25, -0.2) is 23.4 Å². The molecule has 13 nitrogen and oxygen atoms in total. The van der Waals surface area contributed by atoms with Crippen LogP contribution in [-0.2, 0) is 4.43 Å². The Bertz CT molecular complexity index is 2160. The van der Waals surface area contributed by atoms with Gasteiger partial charge in [-0.1, -0.05) is 83.6 Å². The van der Waals surface area contributed by atoms with E-state index in [0.29, 0.717) is 41.0 Å². The number of hydrazine groups is 2. The zero-order valence-corrected chi connectivity index (χ0v) is 42.5. The van der Waals surface area contributed by atoms with E-state index in [9.17, 15) is 36.6 Å². The van der Waals surface area contributed by atoms with Crippen LogP contribution in [0.3, 0.4) is 0 Å². The molecule has 2 unspecified atom stereocenters. The van der Waals surface area contributed by atoms with E-state index in [1.165, 1.54) is 19.1 Å². The summed E-state index contributed by atoms with van der Waals surface area (Å²) >= 11 is 0. The minimum atomic E-state index is -2.35. The lowest BCUT2D eigenvalue weighted by atomic mass is 9.86. The third-order valence-corrected chi connectivity index (χ3v) is 16.6. The third-order valence-electron chi connectivity index (χ3n) is 12.1. The van der Waals surface area contributed by atoms with Crippen LogP contribution in [0.5, 0.6) is 28.7 Å². The van der Waals surface area contributed by atoms with Gasteiger partial charge in [0.05, 0.1) is 18.8 Å². The number of ether oxygens (including phenoxy) is 5. The van der Waals surface area contributed by atoms with E-state index in [4.69, 9.17) is 29.2 Å². The number of carbonyl (C=O) groups excluding carboxylic acids is 2. The zero-order chi connectivity index (χ0) is 51.0. The van der Waals surface area contributed by atoms with Gasteiger partial charge in [0.1, 0.15) is 13.2 Å². The van der Waals surface area contributed by atoms with Crippen molar-refractivity contribution in [3.8, 4) is 28.7 Å². The number of aliphatic hydroxyl groups excluding tert-OH is 1. The van der Waals surface area contributed by atoms with E-state index < -0.39 is 61.3 Å². The molecule has 19 heteroatoms. The fourth-order valence-electron chi connectivity index (χ4n) is 6.73. The van der Waals surface area contributed by atoms with E-state index in [1.54, 1.807) is 12.1 Å². The highest BCUT2D eigenvalue weighted by Gasteiger charge is 2.39. The summed E-state index contributed by atoms with van der Waals surface area (Å²) in [5.41, 5.74) is 10.3. The van der Waals surface area contributed by atoms with Crippen LogP contribution < -0.4 is 45.8 Å². The van der Waals surface area contributed by atoms with Crippen LogP contribution in [0.1, 0.15) is 128 Å². The van der Waals surface area contributed by atoms with E-state index in [2.05, 4.69) is 110 Å². The Morgan fingerprint density at radius 3 is 1.62 bits per heavy atom. The number of nitrogens with two attached hydrogens (primary N) is 1. The van der Waals surface area contributed by atoms with Crippen molar-refractivity contribution in [2.24, 2.45) is 16.7 Å². The molecule has 0 spiro atoms. The topological polar surface area (TPSA) is 172 Å². The predicted octanol–water partition coefficient (Wildman–Crippen LogP) is 10.2. The van der Waals surface area contributed by atoms with Gasteiger partial charge in [0, 0.05) is 28.8 Å². The molecule has 1 amide bonds. The second-order valence-corrected chi connectivity index (χ2v) is 25.0. The number of carbonyl (C=O) groups is 2. The summed E-state index contributed by atoms with van der Waals surface area (Å²) in [6, 6.07) is 6.69. The van der Waals surface area contributed by atoms with Crippen molar-refractivity contribution in [2.75, 3.05) is 26.4 Å². The van der Waals surface area contributed by atoms with Gasteiger partial charge in [0.15, 0.2) is 43.5 Å². The van der Waals surface area contributed by atoms with Crippen molar-refractivity contribution < 1.29 is 64.8 Å². The third kappa shape index (κ3) is 14.7. The Morgan fingerprint density at radius 1 is 0.750 bits per heavy atom. The SMILES string of the molecule is C.CCC(NN)C(C)(C)C.CCC(NNC(=O)c1ccc2c(c1C)O[C@H](CO)CO2)C(C)(C)C.Cc1c(C(=O)Oc2c(F)c(F)c(F)c(F)c2F)ccc2c1O[C@H](CO[Si](C)(C)C(C)(C)C)CO2. The Hall–Kier alpha value is -4.53. The number of esters is 1. The second-order valence-electron chi connectivity index (χ2n) is 20.2. The van der Waals surface area contributed by atoms with Crippen molar-refractivity contribution in [3.63, 3.8) is 0 Å². The molecule has 0 saturated heterocycles. The normalized spacial score (nSPS) is 16.4. The van der Waals surface area contributed by atoms with Crippen LogP contribution >= 0.6 is 0 Å². The fraction of sp³-hybridized carbons (Fsp3) is 0.592. The largest absolute Gasteiger partial charge is 0.486 e. The minimum absolute atomic E-state index is 0. The molecule has 4 atom stereocenters. The van der Waals surface area contributed by atoms with E-state index >= 15 is 0 Å². The smallest absolute Gasteiger partial charge is 0.344 e. The number of hydrogen-bond donors (Lipinski definition) is 5. The number of amides is 1. The summed E-state index contributed by atoms with van der Waals surface area (Å²) in [5, 5.41) is 9.22. The quantitative estimate of drug-likeness (QED) is 0.0170. The van der Waals surface area contributed by atoms with Crippen molar-refractivity contribution in [1.82, 2.24) is 16.3 Å². The average molecular weight is 987 g/mol. The van der Waals surface area contributed by atoms with E-state index in [0.717, 1.165) is 12.8 Å². The van der Waals surface area contributed by atoms with Crippen molar-refractivity contribution in [3.05, 3.63) is 75.6 Å². The molecule has 0 aliphatic carbocycles. The maximum absolute atomic E-state index is 13.9. The predicted molar refractivity (Wildman–Crippen MR) is 255 cm³/mol. The number of aliphatic hydroxyl groups is 1. The summed E-state index contributed by atoms with van der Waals surface area (Å²) in [6.45, 7) is 31.5. The minimum Gasteiger partial charge on any atom is -0.486 e. The van der Waals surface area contributed by atoms with Gasteiger partial charge < -0.3 is 33.2 Å². The second kappa shape index (κ2) is 24.3. The molecule has 0 bridgehead atoms. The van der Waals surface area contributed by atoms with Crippen LogP contribution in [-0.4, -0.2) is 76.0 Å². The van der Waals surface area contributed by atoms with Crippen molar-refractivity contribution in [1.29, 1.82) is 0 Å². The van der Waals surface area contributed by atoms with Gasteiger partial charge >= 0.3 is 5.97 Å². The first kappa shape index (κ1) is 59.6. The molecule has 68 heavy (non-hydrogen) atoms. The van der Waals surface area contributed by atoms with Crippen LogP contribution in [0.2, 0.25) is 18.1 Å². The van der Waals surface area contributed by atoms with Crippen LogP contribution in [0.4, 0.5) is 22.0 Å². The lowest BCUT2D eigenvalue weighted by Gasteiger charge is -2.38. The first-order chi connectivity index (χ1) is 30.9. The van der Waals surface area contributed by atoms with Crippen LogP contribution in [0.25, 0.3) is 0 Å². The molecule has 384 valence electrons. The summed E-state index contributed by atoms with van der Waals surface area (Å²) in [6.07, 6.45) is 1.10. The zero-order valence-electron chi connectivity index (χ0n) is 41.5. The van der Waals surface area contributed by atoms with Crippen molar-refractivity contribution >= 4 is 20.2 Å². The monoisotopic (exact) mass is 987 g/mol. The molecular formula is C49H75F5N4O9Si. The molecule has 0 aromatic heterocycles. The number of fused-ring (bicyclic) bond motifs is 2. The highest BCUT2D eigenvalue weighted by atomic mass is 28.4. The summed E-state index contributed by atoms with van der Waals surface area (Å²) in [7, 11) is -2.06. The van der Waals surface area contributed by atoms with E-state index in [-0.39, 0.29) is 71.9 Å². The number of halogens is 5. The summed E-state index contributed by atoms with van der Waals surface area (Å²) < 4.78 is 102. The Morgan fingerprint density at radius 2 is 1.19 bits per heavy atom. The Labute approximate surface area is 400 Å². The standard InChI is InChI=1S/C23H25F5O5Si.C18H28N2O4.C7H18N2.CH4/c1-11-13(22(29)33-21-18(27)16(25)15(24)17(26)19(21)28)7-8-14-20(11)32-12(9-30-14)10-31-34(5,6)23(2,3)4;1-6-15(18(3,4)5)19-20-17(22)13-7-8-14-16(11(13)2)24-12(9-21)10-23-14;1-5-6(9-8)7(2,3)4;/h7-8,12H,9-10H2,1-6H3;7-8,12,15,19,21H,6,9-10H2,1-5H3,(H,20,22);6,9H,5,8H2,1-4H3;1H4/t12-;12-,15?;;/m01../s1. The molecule has 3 aromatic rings. The Balaban J connectivity index is 0.000000405. The number of nitrogens with one attached hydrogen (secondary N) is 3. The molecule has 2 heterocycles. The number of hydrogen-bond acceptors (Lipinski definition) is 12. The first-order valence-corrected chi connectivity index (χ1v) is 25.2. The fourth-order valence-corrected chi connectivity index (χ4v) is 7.77.